The number of phenolic OH excluding ortho intramolecular Hbond substituents is 2. The average molecular weight is 1000 g/mol. The van der Waals surface area contributed by atoms with Crippen LogP contribution < -0.4 is 35.9 Å². The van der Waals surface area contributed by atoms with Gasteiger partial charge in [-0.05, 0) is 122 Å². The van der Waals surface area contributed by atoms with Crippen molar-refractivity contribution in [2.45, 2.75) is 139 Å². The Bertz CT molecular complexity index is 2760. The molecule has 11 rings (SSSR count). The van der Waals surface area contributed by atoms with Crippen LogP contribution >= 0.6 is 21.6 Å². The quantitative estimate of drug-likeness (QED) is 0.0469. The van der Waals surface area contributed by atoms with Crippen LogP contribution in [0.15, 0.2) is 53.3 Å². The normalized spacial score (nSPS) is 29.0. The lowest BCUT2D eigenvalue weighted by Gasteiger charge is -2.39. The van der Waals surface area contributed by atoms with E-state index in [-0.39, 0.29) is 67.4 Å². The molecule has 376 valence electrons. The number of nitrogens with two attached hydrogens (primary N) is 1. The molecule has 71 heavy (non-hydrogen) atoms. The molecule has 0 radical (unpaired) electrons. The highest BCUT2D eigenvalue weighted by molar-refractivity contribution is 8.76. The Hall–Kier alpha value is -4.75. The predicted octanol–water partition coefficient (Wildman–Crippen LogP) is 8.73. The van der Waals surface area contributed by atoms with Crippen molar-refractivity contribution in [1.29, 1.82) is 0 Å². The minimum Gasteiger partial charge on any atom is -0.508 e. The van der Waals surface area contributed by atoms with E-state index in [2.05, 4.69) is 65.1 Å². The number of phenols is 2. The summed E-state index contributed by atoms with van der Waals surface area (Å²) in [6.07, 6.45) is 15.9. The van der Waals surface area contributed by atoms with Gasteiger partial charge in [-0.1, -0.05) is 71.2 Å². The second-order valence-electron chi connectivity index (χ2n) is 21.1. The number of allylic oxidation sites excluding steroid dienone is 3. The molecular formula is C57H68N4O8S2. The van der Waals surface area contributed by atoms with E-state index in [1.165, 1.54) is 19.8 Å². The van der Waals surface area contributed by atoms with Crippen molar-refractivity contribution >= 4 is 33.6 Å². The fourth-order valence-electron chi connectivity index (χ4n) is 13.4. The summed E-state index contributed by atoms with van der Waals surface area (Å²) in [5.41, 5.74) is 17.7. The zero-order valence-electron chi connectivity index (χ0n) is 41.2. The van der Waals surface area contributed by atoms with Gasteiger partial charge in [0, 0.05) is 88.9 Å². The van der Waals surface area contributed by atoms with E-state index >= 15 is 0 Å². The second-order valence-corrected chi connectivity index (χ2v) is 23.7. The standard InChI is InChI=1S/C57H68N4O8S2/c1-4-34-22-35-20-32-16-17-57(25-32)26-36-23-38(64)24-47(66-3)49(36)41-13-12-40-44(28-67-31(2)63)53(69-54(40)51(41)57)50-39(10-6-11-45(35)61-56(34)58)43(27-59-18-7-19-62)52(65)55-42(50)14-15-46-48(68-55)30-71-70-29-33-8-5-9-37(21-33)60-46/h12-15,22-24,32-33,37,44,46,48,53,56,59-62,64-65H,4-5,7-10,16-21,25-30,58H2,1-3H3/t32-,33-,37+,44+,46+,48-,53+,56?,57-/m1/s1. The van der Waals surface area contributed by atoms with Crippen LogP contribution in [0, 0.1) is 23.7 Å². The third-order valence-corrected chi connectivity index (χ3v) is 19.2. The average Bonchev–Trinajstić information content (AvgIpc) is 3.87. The largest absolute Gasteiger partial charge is 0.508 e. The van der Waals surface area contributed by atoms with Crippen LogP contribution in [0.5, 0.6) is 28.7 Å². The number of carbonyl (C=O) groups is 1. The molecule has 1 spiro atoms. The van der Waals surface area contributed by atoms with Gasteiger partial charge in [-0.2, -0.15) is 0 Å². The summed E-state index contributed by atoms with van der Waals surface area (Å²) < 4.78 is 27.1. The molecule has 8 N–H and O–H groups in total. The maximum absolute atomic E-state index is 12.9. The summed E-state index contributed by atoms with van der Waals surface area (Å²) in [6.45, 7) is 4.51. The number of esters is 1. The Morgan fingerprint density at radius 2 is 1.97 bits per heavy atom. The first kappa shape index (κ1) is 48.5. The van der Waals surface area contributed by atoms with E-state index in [4.69, 9.17) is 24.7 Å². The Labute approximate surface area is 425 Å². The maximum Gasteiger partial charge on any atom is 0.302 e. The van der Waals surface area contributed by atoms with E-state index < -0.39 is 12.0 Å². The number of dihydropyridines is 1. The van der Waals surface area contributed by atoms with Crippen molar-refractivity contribution in [1.82, 2.24) is 16.0 Å². The lowest BCUT2D eigenvalue weighted by molar-refractivity contribution is -0.141. The monoisotopic (exact) mass is 1000 g/mol. The van der Waals surface area contributed by atoms with Gasteiger partial charge >= 0.3 is 5.97 Å². The first-order chi connectivity index (χ1) is 34.6. The third-order valence-electron chi connectivity index (χ3n) is 16.7. The van der Waals surface area contributed by atoms with Crippen molar-refractivity contribution in [2.75, 3.05) is 38.4 Å². The highest BCUT2D eigenvalue weighted by Crippen LogP contribution is 2.63. The molecule has 14 heteroatoms. The van der Waals surface area contributed by atoms with Crippen molar-refractivity contribution < 1.29 is 39.1 Å². The number of aliphatic hydroxyl groups is 1. The van der Waals surface area contributed by atoms with E-state index in [9.17, 15) is 20.1 Å². The van der Waals surface area contributed by atoms with E-state index in [0.717, 1.165) is 124 Å². The molecule has 1 saturated heterocycles. The summed E-state index contributed by atoms with van der Waals surface area (Å²) in [5.74, 6) is 11.3. The van der Waals surface area contributed by atoms with Crippen LogP contribution in [0.2, 0.25) is 0 Å². The summed E-state index contributed by atoms with van der Waals surface area (Å²) in [5, 5.41) is 45.0. The number of ether oxygens (including phenoxy) is 4. The molecule has 12 nitrogen and oxygen atoms in total. The molecule has 6 bridgehead atoms. The van der Waals surface area contributed by atoms with Gasteiger partial charge in [-0.25, -0.2) is 0 Å². The Balaban J connectivity index is 1.17. The minimum atomic E-state index is -0.686. The molecule has 0 aromatic heterocycles. The molecular weight excluding hydrogens is 933 g/mol. The minimum absolute atomic E-state index is 0.0328. The summed E-state index contributed by atoms with van der Waals surface area (Å²) in [4.78, 5) is 12.9. The lowest BCUT2D eigenvalue weighted by atomic mass is 9.65. The first-order valence-corrected chi connectivity index (χ1v) is 28.4. The van der Waals surface area contributed by atoms with Crippen LogP contribution in [0.1, 0.15) is 129 Å². The zero-order chi connectivity index (χ0) is 49.0. The van der Waals surface area contributed by atoms with Gasteiger partial charge in [0.2, 0.25) is 0 Å². The third kappa shape index (κ3) is 9.11. The molecule has 5 aliphatic heterocycles. The molecule has 8 aliphatic rings. The number of aliphatic hydroxyl groups excluding tert-OH is 1. The molecule has 3 aromatic carbocycles. The number of methoxy groups -OCH3 is 1. The van der Waals surface area contributed by atoms with Gasteiger partial charge in [-0.3, -0.25) is 4.79 Å². The van der Waals surface area contributed by atoms with Crippen LogP contribution in [0.3, 0.4) is 0 Å². The van der Waals surface area contributed by atoms with Crippen LogP contribution in [-0.2, 0) is 34.3 Å². The molecule has 1 unspecified atom stereocenters. The van der Waals surface area contributed by atoms with Crippen LogP contribution in [0.25, 0.3) is 17.2 Å². The zero-order valence-corrected chi connectivity index (χ0v) is 42.8. The number of hydrogen-bond acceptors (Lipinski definition) is 14. The topological polar surface area (TPSA) is 177 Å². The highest BCUT2D eigenvalue weighted by atomic mass is 33.1. The summed E-state index contributed by atoms with van der Waals surface area (Å²) in [7, 11) is 5.43. The van der Waals surface area contributed by atoms with Crippen molar-refractivity contribution in [3.63, 3.8) is 0 Å². The summed E-state index contributed by atoms with van der Waals surface area (Å²) in [6, 6.07) is 8.18. The molecule has 3 aliphatic carbocycles. The van der Waals surface area contributed by atoms with E-state index in [0.29, 0.717) is 54.3 Å². The number of fused-ring (bicyclic) bond motifs is 11. The number of hydrogen-bond donors (Lipinski definition) is 7. The SMILES string of the molecule is CCC1=CC2=C(C#CCc3c(CNCCCO)c(O)c4c(c3[C@H]3Oc5c(ccc6c5[C@@]5(CC[C@H](C2)C5)Cc2cc(O)cc(OC)c2-6)[C@@H]3COC(C)=O)C=C[C@@H]2N[C@H]3CCC[C@@H](CSSC[C@H]2O4)C3)NC1N. The van der Waals surface area contributed by atoms with Gasteiger partial charge in [0.25, 0.3) is 0 Å². The van der Waals surface area contributed by atoms with Gasteiger partial charge in [0.15, 0.2) is 11.5 Å². The number of benzene rings is 3. The molecule has 2 saturated carbocycles. The predicted molar refractivity (Wildman–Crippen MR) is 281 cm³/mol. The highest BCUT2D eigenvalue weighted by Gasteiger charge is 2.52. The van der Waals surface area contributed by atoms with Crippen molar-refractivity contribution in [3.8, 4) is 51.7 Å². The number of rotatable bonds is 9. The summed E-state index contributed by atoms with van der Waals surface area (Å²) >= 11 is 0. The number of nitrogens with one attached hydrogen (secondary N) is 3. The number of aromatic hydroxyl groups is 2. The van der Waals surface area contributed by atoms with Crippen molar-refractivity contribution in [3.05, 3.63) is 92.2 Å². The lowest BCUT2D eigenvalue weighted by Crippen LogP contribution is -2.49. The Kier molecular flexibility index (Phi) is 13.9. The molecule has 3 aromatic rings. The smallest absolute Gasteiger partial charge is 0.302 e. The number of carbonyl (C=O) groups excluding carboxylic acids is 1. The van der Waals surface area contributed by atoms with Gasteiger partial charge in [-0.15, -0.1) is 0 Å². The van der Waals surface area contributed by atoms with Crippen molar-refractivity contribution in [2.24, 2.45) is 17.6 Å². The second kappa shape index (κ2) is 20.3. The van der Waals surface area contributed by atoms with Gasteiger partial charge in [0.1, 0.15) is 36.1 Å². The molecule has 0 amide bonds. The van der Waals surface area contributed by atoms with Crippen LogP contribution in [-0.4, -0.2) is 84.0 Å². The van der Waals surface area contributed by atoms with E-state index in [1.807, 2.05) is 27.7 Å². The molecule has 3 fully saturated rings. The first-order valence-electron chi connectivity index (χ1n) is 26.0. The van der Waals surface area contributed by atoms with Crippen LogP contribution in [0.4, 0.5) is 0 Å². The Morgan fingerprint density at radius 1 is 1.10 bits per heavy atom. The fraction of sp³-hybridized carbons (Fsp3) is 0.526. The molecule has 9 atom stereocenters. The maximum atomic E-state index is 12.9. The Morgan fingerprint density at radius 3 is 2.80 bits per heavy atom. The van der Waals surface area contributed by atoms with Gasteiger partial charge in [0.05, 0.1) is 30.9 Å². The fourth-order valence-corrected chi connectivity index (χ4v) is 16.0. The van der Waals surface area contributed by atoms with E-state index in [1.54, 1.807) is 13.2 Å². The molecule has 5 heterocycles. The van der Waals surface area contributed by atoms with Gasteiger partial charge < -0.3 is 56.0 Å².